The van der Waals surface area contributed by atoms with E-state index in [2.05, 4.69) is 20.1 Å². The monoisotopic (exact) mass is 400 g/mol. The van der Waals surface area contributed by atoms with Gasteiger partial charge in [-0.1, -0.05) is 0 Å². The first-order chi connectivity index (χ1) is 13.7. The molecular weight excluding hydrogens is 372 g/mol. The van der Waals surface area contributed by atoms with Gasteiger partial charge in [0.1, 0.15) is 5.75 Å². The molecule has 0 radical (unpaired) electrons. The molecule has 0 saturated carbocycles. The van der Waals surface area contributed by atoms with Gasteiger partial charge < -0.3 is 19.7 Å². The predicted molar refractivity (Wildman–Crippen MR) is 116 cm³/mol. The number of hydrogen-bond donors (Lipinski definition) is 1. The van der Waals surface area contributed by atoms with Gasteiger partial charge in [0.25, 0.3) is 0 Å². The number of nitrogens with one attached hydrogen (secondary N) is 1. The van der Waals surface area contributed by atoms with Crippen LogP contribution >= 0.6 is 12.2 Å². The number of morpholine rings is 1. The van der Waals surface area contributed by atoms with Crippen molar-refractivity contribution in [2.45, 2.75) is 13.0 Å². The van der Waals surface area contributed by atoms with Gasteiger partial charge in [0.05, 0.1) is 20.3 Å². The number of ether oxygens (including phenoxy) is 2. The maximum absolute atomic E-state index is 5.72. The molecular formula is C21H28N4O2S. The van der Waals surface area contributed by atoms with Crippen molar-refractivity contribution in [3.05, 3.63) is 54.4 Å². The van der Waals surface area contributed by atoms with E-state index in [1.165, 1.54) is 5.56 Å². The minimum Gasteiger partial charge on any atom is -0.497 e. The highest BCUT2D eigenvalue weighted by atomic mass is 32.1. The van der Waals surface area contributed by atoms with E-state index in [4.69, 9.17) is 21.7 Å². The van der Waals surface area contributed by atoms with Crippen LogP contribution in [0.15, 0.2) is 48.8 Å². The molecule has 28 heavy (non-hydrogen) atoms. The zero-order valence-electron chi connectivity index (χ0n) is 16.3. The lowest BCUT2D eigenvalue weighted by molar-refractivity contribution is 0.0368. The Morgan fingerprint density at radius 2 is 1.89 bits per heavy atom. The SMILES string of the molecule is COc1ccc(NC(=S)N(CCCN2CCOCC2)Cc2ccncc2)cc1. The largest absolute Gasteiger partial charge is 0.497 e. The molecule has 0 bridgehead atoms. The number of rotatable bonds is 8. The van der Waals surface area contributed by atoms with Crippen LogP contribution in [0.25, 0.3) is 0 Å². The third kappa shape index (κ3) is 6.44. The second-order valence-corrected chi connectivity index (χ2v) is 7.13. The Labute approximate surface area is 172 Å². The van der Waals surface area contributed by atoms with Crippen LogP contribution < -0.4 is 10.1 Å². The number of hydrogen-bond acceptors (Lipinski definition) is 5. The lowest BCUT2D eigenvalue weighted by Crippen LogP contribution is -2.40. The highest BCUT2D eigenvalue weighted by molar-refractivity contribution is 7.80. The van der Waals surface area contributed by atoms with Crippen LogP contribution in [-0.4, -0.2) is 66.4 Å². The Hall–Kier alpha value is -2.22. The van der Waals surface area contributed by atoms with Crippen molar-refractivity contribution < 1.29 is 9.47 Å². The van der Waals surface area contributed by atoms with Crippen LogP contribution in [0, 0.1) is 0 Å². The summed E-state index contributed by atoms with van der Waals surface area (Å²) in [5, 5.41) is 4.08. The van der Waals surface area contributed by atoms with E-state index in [0.29, 0.717) is 0 Å². The van der Waals surface area contributed by atoms with E-state index < -0.39 is 0 Å². The number of nitrogens with zero attached hydrogens (tertiary/aromatic N) is 3. The Bertz CT molecular complexity index is 721. The number of methoxy groups -OCH3 is 1. The second kappa shape index (κ2) is 10.9. The first-order valence-corrected chi connectivity index (χ1v) is 10.0. The van der Waals surface area contributed by atoms with Crippen molar-refractivity contribution in [1.29, 1.82) is 0 Å². The van der Waals surface area contributed by atoms with Crippen LogP contribution in [-0.2, 0) is 11.3 Å². The van der Waals surface area contributed by atoms with Crippen molar-refractivity contribution in [3.8, 4) is 5.75 Å². The van der Waals surface area contributed by atoms with Crippen molar-refractivity contribution in [2.75, 3.05) is 51.8 Å². The van der Waals surface area contributed by atoms with Crippen molar-refractivity contribution in [2.24, 2.45) is 0 Å². The molecule has 1 saturated heterocycles. The van der Waals surface area contributed by atoms with Gasteiger partial charge in [0.2, 0.25) is 0 Å². The van der Waals surface area contributed by atoms with Gasteiger partial charge in [-0.3, -0.25) is 9.88 Å². The van der Waals surface area contributed by atoms with Gasteiger partial charge in [-0.15, -0.1) is 0 Å². The molecule has 1 aliphatic heterocycles. The van der Waals surface area contributed by atoms with E-state index in [0.717, 1.165) is 68.9 Å². The molecule has 6 nitrogen and oxygen atoms in total. The summed E-state index contributed by atoms with van der Waals surface area (Å²) >= 11 is 5.72. The molecule has 3 rings (SSSR count). The van der Waals surface area contributed by atoms with Crippen LogP contribution in [0.5, 0.6) is 5.75 Å². The van der Waals surface area contributed by atoms with E-state index in [1.807, 2.05) is 48.8 Å². The molecule has 1 aromatic carbocycles. The third-order valence-corrected chi connectivity index (χ3v) is 5.12. The summed E-state index contributed by atoms with van der Waals surface area (Å²) in [4.78, 5) is 8.78. The Morgan fingerprint density at radius 3 is 2.57 bits per heavy atom. The first kappa shape index (κ1) is 20.5. The third-order valence-electron chi connectivity index (χ3n) is 4.76. The molecule has 2 heterocycles. The standard InChI is InChI=1S/C21H28N4O2S/c1-26-20-5-3-19(4-6-20)23-21(28)25(17-18-7-9-22-10-8-18)12-2-11-24-13-15-27-16-14-24/h3-10H,2,11-17H2,1H3,(H,23,28). The van der Waals surface area contributed by atoms with Gasteiger partial charge in [-0.2, -0.15) is 0 Å². The van der Waals surface area contributed by atoms with Crippen molar-refractivity contribution >= 4 is 23.0 Å². The molecule has 1 fully saturated rings. The quantitative estimate of drug-likeness (QED) is 0.684. The Balaban J connectivity index is 1.59. The number of pyridine rings is 1. The molecule has 0 aliphatic carbocycles. The summed E-state index contributed by atoms with van der Waals surface area (Å²) in [6.45, 7) is 6.39. The lowest BCUT2D eigenvalue weighted by Gasteiger charge is -2.29. The second-order valence-electron chi connectivity index (χ2n) is 6.74. The maximum Gasteiger partial charge on any atom is 0.173 e. The molecule has 150 valence electrons. The van der Waals surface area contributed by atoms with Crippen LogP contribution in [0.3, 0.4) is 0 Å². The molecule has 1 N–H and O–H groups in total. The fraction of sp³-hybridized carbons (Fsp3) is 0.429. The number of benzene rings is 1. The minimum absolute atomic E-state index is 0.726. The average molecular weight is 401 g/mol. The normalized spacial score (nSPS) is 14.5. The molecule has 1 aromatic heterocycles. The summed E-state index contributed by atoms with van der Waals surface area (Å²) < 4.78 is 10.7. The molecule has 0 unspecified atom stereocenters. The topological polar surface area (TPSA) is 49.9 Å². The molecule has 0 atom stereocenters. The van der Waals surface area contributed by atoms with Crippen LogP contribution in [0.2, 0.25) is 0 Å². The van der Waals surface area contributed by atoms with E-state index >= 15 is 0 Å². The molecule has 0 spiro atoms. The summed E-state index contributed by atoms with van der Waals surface area (Å²) in [6, 6.07) is 11.9. The first-order valence-electron chi connectivity index (χ1n) is 9.63. The molecule has 7 heteroatoms. The maximum atomic E-state index is 5.72. The Morgan fingerprint density at radius 1 is 1.18 bits per heavy atom. The highest BCUT2D eigenvalue weighted by Crippen LogP contribution is 2.16. The number of aromatic nitrogens is 1. The number of anilines is 1. The molecule has 1 aliphatic rings. The Kier molecular flexibility index (Phi) is 8.02. The lowest BCUT2D eigenvalue weighted by atomic mass is 10.2. The van der Waals surface area contributed by atoms with E-state index in [1.54, 1.807) is 7.11 Å². The number of thiocarbonyl (C=S) groups is 1. The van der Waals surface area contributed by atoms with Crippen LogP contribution in [0.4, 0.5) is 5.69 Å². The minimum atomic E-state index is 0.726. The van der Waals surface area contributed by atoms with Crippen molar-refractivity contribution in [3.63, 3.8) is 0 Å². The smallest absolute Gasteiger partial charge is 0.173 e. The van der Waals surface area contributed by atoms with Crippen LogP contribution in [0.1, 0.15) is 12.0 Å². The van der Waals surface area contributed by atoms with Gasteiger partial charge in [0, 0.05) is 50.8 Å². The summed E-state index contributed by atoms with van der Waals surface area (Å²) in [6.07, 6.45) is 4.69. The van der Waals surface area contributed by atoms with E-state index in [9.17, 15) is 0 Å². The van der Waals surface area contributed by atoms with Crippen molar-refractivity contribution in [1.82, 2.24) is 14.8 Å². The predicted octanol–water partition coefficient (Wildman–Crippen LogP) is 3.01. The molecule has 0 amide bonds. The van der Waals surface area contributed by atoms with Gasteiger partial charge in [0.15, 0.2) is 5.11 Å². The summed E-state index contributed by atoms with van der Waals surface area (Å²) in [7, 11) is 1.66. The zero-order chi connectivity index (χ0) is 19.6. The fourth-order valence-electron chi connectivity index (χ4n) is 3.15. The zero-order valence-corrected chi connectivity index (χ0v) is 17.2. The summed E-state index contributed by atoms with van der Waals surface area (Å²) in [5.74, 6) is 0.829. The summed E-state index contributed by atoms with van der Waals surface area (Å²) in [5.41, 5.74) is 2.15. The molecule has 2 aromatic rings. The van der Waals surface area contributed by atoms with E-state index in [-0.39, 0.29) is 0 Å². The average Bonchev–Trinajstić information content (AvgIpc) is 2.75. The van der Waals surface area contributed by atoms with Gasteiger partial charge in [-0.25, -0.2) is 0 Å². The van der Waals surface area contributed by atoms with Gasteiger partial charge >= 0.3 is 0 Å². The van der Waals surface area contributed by atoms with Gasteiger partial charge in [-0.05, 0) is 60.6 Å². The highest BCUT2D eigenvalue weighted by Gasteiger charge is 2.14. The fourth-order valence-corrected chi connectivity index (χ4v) is 3.42.